The molecule has 2 aromatic carbocycles. The quantitative estimate of drug-likeness (QED) is 0.921. The van der Waals surface area contributed by atoms with Crippen LogP contribution < -0.4 is 10.5 Å². The molecule has 0 aliphatic heterocycles. The largest absolute Gasteiger partial charge is 0.494 e. The number of nitrogens with two attached hydrogens (primary N) is 1. The second kappa shape index (κ2) is 5.38. The van der Waals surface area contributed by atoms with Crippen molar-refractivity contribution in [3.8, 4) is 5.75 Å². The van der Waals surface area contributed by atoms with Gasteiger partial charge in [-0.3, -0.25) is 0 Å². The first-order chi connectivity index (χ1) is 8.63. The molecule has 4 heteroatoms. The molecule has 2 nitrogen and oxygen atoms in total. The summed E-state index contributed by atoms with van der Waals surface area (Å²) in [5.41, 5.74) is 7.25. The molecule has 0 saturated carbocycles. The summed E-state index contributed by atoms with van der Waals surface area (Å²) in [6.45, 7) is 0. The third-order valence-corrected chi connectivity index (χ3v) is 3.03. The van der Waals surface area contributed by atoms with E-state index < -0.39 is 11.9 Å². The van der Waals surface area contributed by atoms with Gasteiger partial charge in [-0.05, 0) is 23.8 Å². The highest BCUT2D eigenvalue weighted by atomic mass is 35.5. The number of hydrogen-bond acceptors (Lipinski definition) is 2. The SMILES string of the molecule is COc1cccc(C(N)c2ccc(Cl)cc2)c1F. The predicted molar refractivity (Wildman–Crippen MR) is 70.4 cm³/mol. The lowest BCUT2D eigenvalue weighted by atomic mass is 9.99. The van der Waals surface area contributed by atoms with Crippen LogP contribution in [0, 0.1) is 5.82 Å². The topological polar surface area (TPSA) is 35.2 Å². The standard InChI is InChI=1S/C14H13ClFNO/c1-18-12-4-2-3-11(13(12)16)14(17)9-5-7-10(15)8-6-9/h2-8,14H,17H2,1H3. The van der Waals surface area contributed by atoms with Crippen LogP contribution in [0.5, 0.6) is 5.75 Å². The van der Waals surface area contributed by atoms with Gasteiger partial charge in [0.15, 0.2) is 11.6 Å². The lowest BCUT2D eigenvalue weighted by Crippen LogP contribution is -2.14. The van der Waals surface area contributed by atoms with Crippen molar-refractivity contribution in [2.75, 3.05) is 7.11 Å². The number of halogens is 2. The Morgan fingerprint density at radius 2 is 1.83 bits per heavy atom. The fourth-order valence-electron chi connectivity index (χ4n) is 1.78. The third kappa shape index (κ3) is 2.47. The van der Waals surface area contributed by atoms with Gasteiger partial charge in [-0.2, -0.15) is 0 Å². The second-order valence-corrected chi connectivity index (χ2v) is 4.33. The molecule has 0 aliphatic carbocycles. The first-order valence-corrected chi connectivity index (χ1v) is 5.84. The number of benzene rings is 2. The average Bonchev–Trinajstić information content (AvgIpc) is 2.39. The lowest BCUT2D eigenvalue weighted by molar-refractivity contribution is 0.383. The molecule has 2 rings (SSSR count). The molecule has 18 heavy (non-hydrogen) atoms. The van der Waals surface area contributed by atoms with Crippen molar-refractivity contribution >= 4 is 11.6 Å². The van der Waals surface area contributed by atoms with Crippen molar-refractivity contribution in [1.29, 1.82) is 0 Å². The Balaban J connectivity index is 2.39. The maximum absolute atomic E-state index is 14.1. The molecule has 0 spiro atoms. The van der Waals surface area contributed by atoms with Crippen LogP contribution in [-0.2, 0) is 0 Å². The van der Waals surface area contributed by atoms with Gasteiger partial charge in [-0.1, -0.05) is 35.9 Å². The van der Waals surface area contributed by atoms with Gasteiger partial charge < -0.3 is 10.5 Å². The minimum atomic E-state index is -0.544. The molecule has 0 aliphatic rings. The van der Waals surface area contributed by atoms with Crippen molar-refractivity contribution in [3.63, 3.8) is 0 Å². The molecule has 0 saturated heterocycles. The van der Waals surface area contributed by atoms with Crippen LogP contribution in [-0.4, -0.2) is 7.11 Å². The summed E-state index contributed by atoms with van der Waals surface area (Å²) in [7, 11) is 1.43. The molecule has 2 aromatic rings. The number of hydrogen-bond donors (Lipinski definition) is 1. The Labute approximate surface area is 110 Å². The fourth-order valence-corrected chi connectivity index (χ4v) is 1.90. The maximum atomic E-state index is 14.1. The summed E-state index contributed by atoms with van der Waals surface area (Å²) in [6.07, 6.45) is 0. The summed E-state index contributed by atoms with van der Waals surface area (Å²) in [6, 6.07) is 11.4. The molecular weight excluding hydrogens is 253 g/mol. The van der Waals surface area contributed by atoms with Crippen molar-refractivity contribution in [1.82, 2.24) is 0 Å². The van der Waals surface area contributed by atoms with E-state index in [9.17, 15) is 4.39 Å². The molecule has 1 atom stereocenters. The second-order valence-electron chi connectivity index (χ2n) is 3.89. The average molecular weight is 266 g/mol. The number of rotatable bonds is 3. The molecule has 0 aromatic heterocycles. The molecule has 0 fully saturated rings. The Morgan fingerprint density at radius 3 is 2.44 bits per heavy atom. The zero-order valence-electron chi connectivity index (χ0n) is 9.86. The fraction of sp³-hybridized carbons (Fsp3) is 0.143. The van der Waals surface area contributed by atoms with Gasteiger partial charge in [-0.25, -0.2) is 4.39 Å². The summed E-state index contributed by atoms with van der Waals surface area (Å²) < 4.78 is 19.0. The molecular formula is C14H13ClFNO. The first-order valence-electron chi connectivity index (χ1n) is 5.47. The molecule has 0 amide bonds. The molecule has 0 bridgehead atoms. The van der Waals surface area contributed by atoms with E-state index in [4.69, 9.17) is 22.1 Å². The van der Waals surface area contributed by atoms with E-state index in [0.717, 1.165) is 5.56 Å². The van der Waals surface area contributed by atoms with Crippen molar-refractivity contribution in [3.05, 3.63) is 64.4 Å². The summed E-state index contributed by atoms with van der Waals surface area (Å²) in [5.74, 6) is -0.237. The zero-order chi connectivity index (χ0) is 13.1. The lowest BCUT2D eigenvalue weighted by Gasteiger charge is -2.15. The predicted octanol–water partition coefficient (Wildman–Crippen LogP) is 3.54. The van der Waals surface area contributed by atoms with E-state index in [1.54, 1.807) is 42.5 Å². The van der Waals surface area contributed by atoms with Gasteiger partial charge in [0.25, 0.3) is 0 Å². The van der Waals surface area contributed by atoms with Gasteiger partial charge in [0.05, 0.1) is 13.2 Å². The number of methoxy groups -OCH3 is 1. The van der Waals surface area contributed by atoms with E-state index in [-0.39, 0.29) is 5.75 Å². The monoisotopic (exact) mass is 265 g/mol. The highest BCUT2D eigenvalue weighted by Gasteiger charge is 2.16. The minimum Gasteiger partial charge on any atom is -0.494 e. The van der Waals surface area contributed by atoms with Crippen LogP contribution in [0.1, 0.15) is 17.2 Å². The molecule has 0 radical (unpaired) electrons. The van der Waals surface area contributed by atoms with Crippen LogP contribution in [0.2, 0.25) is 5.02 Å². The van der Waals surface area contributed by atoms with E-state index in [1.807, 2.05) is 0 Å². The Bertz CT molecular complexity index is 542. The van der Waals surface area contributed by atoms with Gasteiger partial charge in [0, 0.05) is 10.6 Å². The highest BCUT2D eigenvalue weighted by molar-refractivity contribution is 6.30. The van der Waals surface area contributed by atoms with Crippen LogP contribution in [0.4, 0.5) is 4.39 Å². The van der Waals surface area contributed by atoms with Gasteiger partial charge in [0.2, 0.25) is 0 Å². The normalized spacial score (nSPS) is 12.2. The smallest absolute Gasteiger partial charge is 0.170 e. The molecule has 1 unspecified atom stereocenters. The van der Waals surface area contributed by atoms with Gasteiger partial charge in [-0.15, -0.1) is 0 Å². The minimum absolute atomic E-state index is 0.192. The molecule has 2 N–H and O–H groups in total. The van der Waals surface area contributed by atoms with Crippen LogP contribution in [0.15, 0.2) is 42.5 Å². The van der Waals surface area contributed by atoms with Crippen molar-refractivity contribution in [2.24, 2.45) is 5.73 Å². The zero-order valence-corrected chi connectivity index (χ0v) is 10.6. The van der Waals surface area contributed by atoms with Crippen LogP contribution in [0.3, 0.4) is 0 Å². The number of ether oxygens (including phenoxy) is 1. The molecule has 0 heterocycles. The molecule has 94 valence electrons. The first kappa shape index (κ1) is 12.9. The van der Waals surface area contributed by atoms with Crippen LogP contribution in [0.25, 0.3) is 0 Å². The van der Waals surface area contributed by atoms with Gasteiger partial charge in [0.1, 0.15) is 0 Å². The maximum Gasteiger partial charge on any atom is 0.170 e. The van der Waals surface area contributed by atoms with E-state index in [1.165, 1.54) is 7.11 Å². The van der Waals surface area contributed by atoms with Crippen molar-refractivity contribution < 1.29 is 9.13 Å². The van der Waals surface area contributed by atoms with Gasteiger partial charge >= 0.3 is 0 Å². The van der Waals surface area contributed by atoms with E-state index >= 15 is 0 Å². The Morgan fingerprint density at radius 1 is 1.17 bits per heavy atom. The summed E-state index contributed by atoms with van der Waals surface area (Å²) >= 11 is 5.81. The van der Waals surface area contributed by atoms with E-state index in [2.05, 4.69) is 0 Å². The summed E-state index contributed by atoms with van der Waals surface area (Å²) in [4.78, 5) is 0. The van der Waals surface area contributed by atoms with E-state index in [0.29, 0.717) is 10.6 Å². The Hall–Kier alpha value is -1.58. The third-order valence-electron chi connectivity index (χ3n) is 2.78. The van der Waals surface area contributed by atoms with Crippen molar-refractivity contribution in [2.45, 2.75) is 6.04 Å². The Kier molecular flexibility index (Phi) is 3.84. The summed E-state index contributed by atoms with van der Waals surface area (Å²) in [5, 5.41) is 0.622. The highest BCUT2D eigenvalue weighted by Crippen LogP contribution is 2.28. The van der Waals surface area contributed by atoms with Crippen LogP contribution >= 0.6 is 11.6 Å².